The van der Waals surface area contributed by atoms with Crippen molar-refractivity contribution in [3.63, 3.8) is 0 Å². The van der Waals surface area contributed by atoms with Crippen molar-refractivity contribution in [2.45, 2.75) is 38.3 Å². The molecule has 34 heavy (non-hydrogen) atoms. The lowest BCUT2D eigenvalue weighted by atomic mass is 9.84. The summed E-state index contributed by atoms with van der Waals surface area (Å²) in [5.41, 5.74) is 3.08. The molecule has 1 saturated heterocycles. The van der Waals surface area contributed by atoms with Crippen molar-refractivity contribution in [2.75, 3.05) is 13.1 Å². The number of imide groups is 1. The number of aryl methyl sites for hydroxylation is 1. The van der Waals surface area contributed by atoms with Crippen LogP contribution in [0.2, 0.25) is 0 Å². The summed E-state index contributed by atoms with van der Waals surface area (Å²) in [7, 11) is 0. The molecule has 3 amide bonds. The number of ether oxygens (including phenoxy) is 1. The van der Waals surface area contributed by atoms with Crippen LogP contribution in [-0.2, 0) is 21.6 Å². The Morgan fingerprint density at radius 1 is 1.15 bits per heavy atom. The summed E-state index contributed by atoms with van der Waals surface area (Å²) in [6.07, 6.45) is 1.37. The van der Waals surface area contributed by atoms with Crippen molar-refractivity contribution in [3.8, 4) is 5.75 Å². The third-order valence-electron chi connectivity index (χ3n) is 6.06. The van der Waals surface area contributed by atoms with E-state index in [4.69, 9.17) is 4.74 Å². The van der Waals surface area contributed by atoms with E-state index in [2.05, 4.69) is 20.9 Å². The summed E-state index contributed by atoms with van der Waals surface area (Å²) in [6, 6.07) is 16.5. The van der Waals surface area contributed by atoms with Crippen LogP contribution in [0.3, 0.4) is 0 Å². The minimum absolute atomic E-state index is 0.324. The van der Waals surface area contributed by atoms with Gasteiger partial charge in [0.05, 0.1) is 10.9 Å². The van der Waals surface area contributed by atoms with Crippen molar-refractivity contribution in [2.24, 2.45) is 0 Å². The van der Waals surface area contributed by atoms with Gasteiger partial charge in [0.2, 0.25) is 0 Å². The number of para-hydroxylation sites is 1. The predicted molar refractivity (Wildman–Crippen MR) is 129 cm³/mol. The van der Waals surface area contributed by atoms with Crippen LogP contribution in [0, 0.1) is 6.92 Å². The van der Waals surface area contributed by atoms with Crippen molar-refractivity contribution in [3.05, 3.63) is 71.4 Å². The maximum absolute atomic E-state index is 11.9. The number of amides is 3. The van der Waals surface area contributed by atoms with Gasteiger partial charge in [-0.2, -0.15) is 0 Å². The van der Waals surface area contributed by atoms with Crippen molar-refractivity contribution in [1.29, 1.82) is 0 Å². The van der Waals surface area contributed by atoms with E-state index in [9.17, 15) is 14.4 Å². The number of rotatable bonds is 10. The maximum Gasteiger partial charge on any atom is 0.322 e. The first-order valence-corrected chi connectivity index (χ1v) is 11.2. The highest BCUT2D eigenvalue weighted by atomic mass is 16.5. The highest BCUT2D eigenvalue weighted by Gasteiger charge is 2.30. The second kappa shape index (κ2) is 10.0. The van der Waals surface area contributed by atoms with Gasteiger partial charge in [0.25, 0.3) is 5.91 Å². The van der Waals surface area contributed by atoms with Gasteiger partial charge in [-0.3, -0.25) is 15.1 Å². The number of nitrogens with one attached hydrogen (secondary N) is 3. The first kappa shape index (κ1) is 23.4. The van der Waals surface area contributed by atoms with E-state index in [1.807, 2.05) is 68.4 Å². The monoisotopic (exact) mass is 460 g/mol. The van der Waals surface area contributed by atoms with Crippen molar-refractivity contribution in [1.82, 2.24) is 20.9 Å². The molecule has 8 heteroatoms. The largest absolute Gasteiger partial charge is 0.489 e. The third-order valence-corrected chi connectivity index (χ3v) is 6.06. The number of benzene rings is 2. The van der Waals surface area contributed by atoms with E-state index in [0.717, 1.165) is 34.0 Å². The minimum Gasteiger partial charge on any atom is -0.489 e. The molecule has 1 fully saturated rings. The molecular weight excluding hydrogens is 432 g/mol. The summed E-state index contributed by atoms with van der Waals surface area (Å²) < 4.78 is 6.03. The van der Waals surface area contributed by atoms with Gasteiger partial charge < -0.3 is 20.2 Å². The van der Waals surface area contributed by atoms with Gasteiger partial charge in [0.15, 0.2) is 0 Å². The quantitative estimate of drug-likeness (QED) is 0.244. The van der Waals surface area contributed by atoms with Crippen molar-refractivity contribution < 1.29 is 19.1 Å². The second-order valence-corrected chi connectivity index (χ2v) is 8.77. The van der Waals surface area contributed by atoms with E-state index < -0.39 is 17.5 Å². The normalized spacial score (nSPS) is 17.2. The molecule has 2 heterocycles. The second-order valence-electron chi connectivity index (χ2n) is 8.77. The number of nitrogens with zero attached hydrogens (tertiary/aromatic N) is 1. The number of hydrogen-bond donors (Lipinski definition) is 3. The molecule has 1 aliphatic heterocycles. The number of aromatic nitrogens is 1. The molecule has 2 atom stereocenters. The van der Waals surface area contributed by atoms with Crippen LogP contribution in [0.1, 0.15) is 30.2 Å². The topological polar surface area (TPSA) is 109 Å². The van der Waals surface area contributed by atoms with Gasteiger partial charge in [-0.15, -0.1) is 0 Å². The fourth-order valence-corrected chi connectivity index (χ4v) is 4.08. The SMILES string of the molecule is Cc1cc(COc2ccc(C(C)(C=O)CNCCC3NC(=O)NC3=O)cc2)c2ccccc2n1. The van der Waals surface area contributed by atoms with Crippen LogP contribution in [0.25, 0.3) is 10.9 Å². The summed E-state index contributed by atoms with van der Waals surface area (Å²) in [6.45, 7) is 5.14. The zero-order valence-corrected chi connectivity index (χ0v) is 19.3. The molecule has 2 unspecified atom stereocenters. The molecule has 176 valence electrons. The predicted octanol–water partition coefficient (Wildman–Crippen LogP) is 2.77. The maximum atomic E-state index is 11.9. The lowest BCUT2D eigenvalue weighted by molar-refractivity contribution is -0.120. The van der Waals surface area contributed by atoms with Crippen LogP contribution in [0.15, 0.2) is 54.6 Å². The van der Waals surface area contributed by atoms with Gasteiger partial charge in [-0.25, -0.2) is 4.79 Å². The Kier molecular flexibility index (Phi) is 6.88. The summed E-state index contributed by atoms with van der Waals surface area (Å²) >= 11 is 0. The number of carbonyl (C=O) groups excluding carboxylic acids is 3. The summed E-state index contributed by atoms with van der Waals surface area (Å²) in [5.74, 6) is 0.391. The number of hydrogen-bond acceptors (Lipinski definition) is 6. The highest BCUT2D eigenvalue weighted by Crippen LogP contribution is 2.25. The van der Waals surface area contributed by atoms with Crippen LogP contribution in [0.5, 0.6) is 5.75 Å². The van der Waals surface area contributed by atoms with Crippen molar-refractivity contribution >= 4 is 29.1 Å². The molecular formula is C26H28N4O4. The Bertz CT molecular complexity index is 1210. The van der Waals surface area contributed by atoms with E-state index >= 15 is 0 Å². The molecule has 2 aromatic carbocycles. The zero-order chi connectivity index (χ0) is 24.1. The van der Waals surface area contributed by atoms with Gasteiger partial charge in [0, 0.05) is 23.2 Å². The van der Waals surface area contributed by atoms with Crippen LogP contribution < -0.4 is 20.7 Å². The van der Waals surface area contributed by atoms with Gasteiger partial charge in [0.1, 0.15) is 24.7 Å². The molecule has 8 nitrogen and oxygen atoms in total. The average Bonchev–Trinajstić information content (AvgIpc) is 3.16. The Morgan fingerprint density at radius 2 is 1.91 bits per heavy atom. The number of aldehydes is 1. The molecule has 1 aliphatic rings. The Labute approximate surface area is 198 Å². The van der Waals surface area contributed by atoms with E-state index in [1.165, 1.54) is 0 Å². The standard InChI is InChI=1S/C26H28N4O4/c1-17-13-18(21-5-3-4-6-22(21)28-17)14-34-20-9-7-19(8-10-20)26(2,16-31)15-27-12-11-23-24(32)30-25(33)29-23/h3-10,13,16,23,27H,11-12,14-15H2,1-2H3,(H2,29,30,32,33). The molecule has 3 N–H and O–H groups in total. The van der Waals surface area contributed by atoms with Crippen LogP contribution in [0.4, 0.5) is 4.79 Å². The smallest absolute Gasteiger partial charge is 0.322 e. The summed E-state index contributed by atoms with van der Waals surface area (Å²) in [4.78, 5) is 39.3. The molecule has 0 spiro atoms. The van der Waals surface area contributed by atoms with E-state index in [1.54, 1.807) is 0 Å². The molecule has 0 saturated carbocycles. The Balaban J connectivity index is 1.35. The van der Waals surface area contributed by atoms with Gasteiger partial charge >= 0.3 is 6.03 Å². The summed E-state index contributed by atoms with van der Waals surface area (Å²) in [5, 5.41) is 9.06. The molecule has 0 bridgehead atoms. The fraction of sp³-hybridized carbons (Fsp3) is 0.308. The molecule has 3 aromatic rings. The average molecular weight is 461 g/mol. The molecule has 1 aromatic heterocycles. The fourth-order valence-electron chi connectivity index (χ4n) is 4.08. The minimum atomic E-state index is -0.738. The van der Waals surface area contributed by atoms with Gasteiger partial charge in [-0.05, 0) is 56.6 Å². The zero-order valence-electron chi connectivity index (χ0n) is 19.3. The number of pyridine rings is 1. The first-order valence-electron chi connectivity index (χ1n) is 11.2. The number of fused-ring (bicyclic) bond motifs is 1. The Morgan fingerprint density at radius 3 is 2.62 bits per heavy atom. The third kappa shape index (κ3) is 5.23. The Hall–Kier alpha value is -3.78. The van der Waals surface area contributed by atoms with Gasteiger partial charge in [-0.1, -0.05) is 30.3 Å². The molecule has 4 rings (SSSR count). The molecule has 0 aliphatic carbocycles. The lowest BCUT2D eigenvalue weighted by Crippen LogP contribution is -2.39. The number of carbonyl (C=O) groups is 3. The van der Waals surface area contributed by atoms with E-state index in [0.29, 0.717) is 31.9 Å². The van der Waals surface area contributed by atoms with E-state index in [-0.39, 0.29) is 5.91 Å². The molecule has 0 radical (unpaired) electrons. The van der Waals surface area contributed by atoms with Crippen LogP contribution in [-0.4, -0.2) is 42.3 Å². The lowest BCUT2D eigenvalue weighted by Gasteiger charge is -2.24. The first-order chi connectivity index (χ1) is 16.4. The van der Waals surface area contributed by atoms with Crippen LogP contribution >= 0.6 is 0 Å². The number of urea groups is 1. The highest BCUT2D eigenvalue weighted by molar-refractivity contribution is 6.04.